The zero-order chi connectivity index (χ0) is 19.4. The van der Waals surface area contributed by atoms with Gasteiger partial charge in [0.05, 0.1) is 5.92 Å². The van der Waals surface area contributed by atoms with Crippen molar-refractivity contribution in [1.82, 2.24) is 5.32 Å². The maximum atomic E-state index is 12.6. The van der Waals surface area contributed by atoms with Crippen molar-refractivity contribution in [3.63, 3.8) is 0 Å². The van der Waals surface area contributed by atoms with Gasteiger partial charge in [0.2, 0.25) is 11.8 Å². The van der Waals surface area contributed by atoms with Gasteiger partial charge in [-0.15, -0.1) is 0 Å². The Kier molecular flexibility index (Phi) is 5.79. The molecule has 0 bridgehead atoms. The zero-order valence-corrected chi connectivity index (χ0v) is 16.0. The average molecular weight is 366 g/mol. The second kappa shape index (κ2) is 8.25. The summed E-state index contributed by atoms with van der Waals surface area (Å²) in [6.07, 6.45) is 0.598. The molecule has 2 aromatic carbocycles. The molecule has 0 fully saturated rings. The molecule has 5 heteroatoms. The van der Waals surface area contributed by atoms with E-state index in [-0.39, 0.29) is 23.7 Å². The molecule has 0 unspecified atom stereocenters. The topological polar surface area (TPSA) is 67.4 Å². The summed E-state index contributed by atoms with van der Waals surface area (Å²) >= 11 is 0. The van der Waals surface area contributed by atoms with Crippen molar-refractivity contribution in [3.05, 3.63) is 59.2 Å². The van der Waals surface area contributed by atoms with E-state index >= 15 is 0 Å². The standard InChI is InChI=1S/C22H26N2O3/c1-14(2)21(25)24-19-8-9-20-17(11-19)10-18(13-27-20)22(26)23-12-16-7-5-4-6-15(16)3/h4-9,11,14,18H,10,12-13H2,1-3H3,(H,23,26)(H,24,25)/t18-/m0/s1. The number of amides is 2. The lowest BCUT2D eigenvalue weighted by molar-refractivity contribution is -0.126. The molecule has 2 N–H and O–H groups in total. The number of hydrogen-bond acceptors (Lipinski definition) is 3. The Morgan fingerprint density at radius 1 is 1.19 bits per heavy atom. The number of fused-ring (bicyclic) bond motifs is 1. The quantitative estimate of drug-likeness (QED) is 0.852. The fourth-order valence-electron chi connectivity index (χ4n) is 3.06. The lowest BCUT2D eigenvalue weighted by Gasteiger charge is -2.25. The van der Waals surface area contributed by atoms with Crippen LogP contribution in [0.3, 0.4) is 0 Å². The molecule has 1 aliphatic rings. The number of aryl methyl sites for hydroxylation is 1. The molecule has 0 aliphatic carbocycles. The Morgan fingerprint density at radius 2 is 1.96 bits per heavy atom. The summed E-state index contributed by atoms with van der Waals surface area (Å²) in [7, 11) is 0. The van der Waals surface area contributed by atoms with E-state index in [1.165, 1.54) is 0 Å². The Morgan fingerprint density at radius 3 is 2.70 bits per heavy atom. The van der Waals surface area contributed by atoms with Gasteiger partial charge in [-0.2, -0.15) is 0 Å². The van der Waals surface area contributed by atoms with Gasteiger partial charge in [0, 0.05) is 18.2 Å². The number of nitrogens with one attached hydrogen (secondary N) is 2. The van der Waals surface area contributed by atoms with Crippen LogP contribution in [-0.4, -0.2) is 18.4 Å². The smallest absolute Gasteiger partial charge is 0.227 e. The Bertz CT molecular complexity index is 845. The van der Waals surface area contributed by atoms with Crippen LogP contribution in [0.1, 0.15) is 30.5 Å². The summed E-state index contributed by atoms with van der Waals surface area (Å²) < 4.78 is 5.77. The predicted molar refractivity (Wildman–Crippen MR) is 106 cm³/mol. The molecule has 1 heterocycles. The van der Waals surface area contributed by atoms with Crippen molar-refractivity contribution in [2.24, 2.45) is 11.8 Å². The van der Waals surface area contributed by atoms with Crippen molar-refractivity contribution < 1.29 is 14.3 Å². The lowest BCUT2D eigenvalue weighted by atomic mass is 9.95. The lowest BCUT2D eigenvalue weighted by Crippen LogP contribution is -2.37. The van der Waals surface area contributed by atoms with Gasteiger partial charge in [-0.25, -0.2) is 0 Å². The van der Waals surface area contributed by atoms with Crippen LogP contribution >= 0.6 is 0 Å². The summed E-state index contributed by atoms with van der Waals surface area (Å²) in [5.74, 6) is 0.412. The number of carbonyl (C=O) groups is 2. The van der Waals surface area contributed by atoms with Gasteiger partial charge in [0.15, 0.2) is 0 Å². The van der Waals surface area contributed by atoms with E-state index in [1.54, 1.807) is 0 Å². The molecule has 5 nitrogen and oxygen atoms in total. The minimum atomic E-state index is -0.238. The second-order valence-electron chi connectivity index (χ2n) is 7.32. The summed E-state index contributed by atoms with van der Waals surface area (Å²) in [6.45, 7) is 6.62. The highest BCUT2D eigenvalue weighted by Gasteiger charge is 2.26. The maximum absolute atomic E-state index is 12.6. The Labute approximate surface area is 160 Å². The first-order chi connectivity index (χ1) is 12.9. The third kappa shape index (κ3) is 4.67. The largest absolute Gasteiger partial charge is 0.492 e. The minimum Gasteiger partial charge on any atom is -0.492 e. The van der Waals surface area contributed by atoms with E-state index in [2.05, 4.69) is 10.6 Å². The number of anilines is 1. The molecular weight excluding hydrogens is 340 g/mol. The molecule has 0 aromatic heterocycles. The van der Waals surface area contributed by atoms with Crippen LogP contribution in [0.15, 0.2) is 42.5 Å². The fourth-order valence-corrected chi connectivity index (χ4v) is 3.06. The molecule has 2 amide bonds. The molecule has 1 atom stereocenters. The van der Waals surface area contributed by atoms with E-state index in [1.807, 2.05) is 63.2 Å². The van der Waals surface area contributed by atoms with Gasteiger partial charge >= 0.3 is 0 Å². The number of hydrogen-bond donors (Lipinski definition) is 2. The Hall–Kier alpha value is -2.82. The predicted octanol–water partition coefficient (Wildman–Crippen LogP) is 3.46. The average Bonchev–Trinajstić information content (AvgIpc) is 2.66. The number of ether oxygens (including phenoxy) is 1. The first-order valence-corrected chi connectivity index (χ1v) is 9.33. The van der Waals surface area contributed by atoms with Crippen molar-refractivity contribution in [1.29, 1.82) is 0 Å². The zero-order valence-electron chi connectivity index (χ0n) is 16.0. The third-order valence-corrected chi connectivity index (χ3v) is 4.84. The summed E-state index contributed by atoms with van der Waals surface area (Å²) in [5, 5.41) is 5.91. The highest BCUT2D eigenvalue weighted by atomic mass is 16.5. The molecule has 0 spiro atoms. The van der Waals surface area contributed by atoms with Crippen molar-refractivity contribution in [2.45, 2.75) is 33.7 Å². The first-order valence-electron chi connectivity index (χ1n) is 9.33. The molecule has 2 aromatic rings. The molecular formula is C22H26N2O3. The van der Waals surface area contributed by atoms with Gasteiger partial charge < -0.3 is 15.4 Å². The molecule has 0 saturated heterocycles. The molecule has 142 valence electrons. The van der Waals surface area contributed by atoms with E-state index in [0.29, 0.717) is 19.6 Å². The highest BCUT2D eigenvalue weighted by molar-refractivity contribution is 5.92. The van der Waals surface area contributed by atoms with Crippen LogP contribution in [0.2, 0.25) is 0 Å². The van der Waals surface area contributed by atoms with Crippen LogP contribution in [0, 0.1) is 18.8 Å². The second-order valence-corrected chi connectivity index (χ2v) is 7.32. The summed E-state index contributed by atoms with van der Waals surface area (Å²) in [4.78, 5) is 24.5. The van der Waals surface area contributed by atoms with E-state index in [9.17, 15) is 9.59 Å². The molecule has 1 aliphatic heterocycles. The van der Waals surface area contributed by atoms with Crippen LogP contribution in [0.4, 0.5) is 5.69 Å². The van der Waals surface area contributed by atoms with Crippen molar-refractivity contribution in [2.75, 3.05) is 11.9 Å². The number of carbonyl (C=O) groups excluding carboxylic acids is 2. The monoisotopic (exact) mass is 366 g/mol. The SMILES string of the molecule is Cc1ccccc1CNC(=O)[C@@H]1COc2ccc(NC(=O)C(C)C)cc2C1. The number of benzene rings is 2. The Balaban J connectivity index is 1.63. The van der Waals surface area contributed by atoms with Gasteiger partial charge in [0.1, 0.15) is 12.4 Å². The van der Waals surface area contributed by atoms with Crippen LogP contribution in [0.5, 0.6) is 5.75 Å². The van der Waals surface area contributed by atoms with Gasteiger partial charge in [-0.1, -0.05) is 38.1 Å². The number of rotatable bonds is 5. The van der Waals surface area contributed by atoms with Gasteiger partial charge in [-0.05, 0) is 48.2 Å². The van der Waals surface area contributed by atoms with Crippen LogP contribution in [-0.2, 0) is 22.6 Å². The minimum absolute atomic E-state index is 0.0134. The molecule has 27 heavy (non-hydrogen) atoms. The van der Waals surface area contributed by atoms with Gasteiger partial charge in [0.25, 0.3) is 0 Å². The summed E-state index contributed by atoms with van der Waals surface area (Å²) in [6, 6.07) is 13.6. The summed E-state index contributed by atoms with van der Waals surface area (Å²) in [5.41, 5.74) is 3.95. The van der Waals surface area contributed by atoms with Gasteiger partial charge in [-0.3, -0.25) is 9.59 Å². The van der Waals surface area contributed by atoms with E-state index in [4.69, 9.17) is 4.74 Å². The first kappa shape index (κ1) is 19.0. The van der Waals surface area contributed by atoms with Crippen molar-refractivity contribution >= 4 is 17.5 Å². The fraction of sp³-hybridized carbons (Fsp3) is 0.364. The maximum Gasteiger partial charge on any atom is 0.227 e. The normalized spacial score (nSPS) is 15.6. The highest BCUT2D eigenvalue weighted by Crippen LogP contribution is 2.30. The third-order valence-electron chi connectivity index (χ3n) is 4.84. The van der Waals surface area contributed by atoms with Crippen LogP contribution in [0.25, 0.3) is 0 Å². The molecule has 0 saturated carbocycles. The van der Waals surface area contributed by atoms with Crippen molar-refractivity contribution in [3.8, 4) is 5.75 Å². The van der Waals surface area contributed by atoms with E-state index in [0.717, 1.165) is 28.1 Å². The van der Waals surface area contributed by atoms with E-state index < -0.39 is 0 Å². The van der Waals surface area contributed by atoms with Crippen LogP contribution < -0.4 is 15.4 Å². The molecule has 0 radical (unpaired) electrons. The molecule has 3 rings (SSSR count).